The Morgan fingerprint density at radius 3 is 2.41 bits per heavy atom. The van der Waals surface area contributed by atoms with E-state index < -0.39 is 10.0 Å². The Bertz CT molecular complexity index is 667. The number of rotatable bonds is 4. The first-order valence-electron chi connectivity index (χ1n) is 7.32. The average molecular weight is 345 g/mol. The lowest BCUT2D eigenvalue weighted by Gasteiger charge is -2.22. The van der Waals surface area contributed by atoms with Crippen LogP contribution in [0.1, 0.15) is 37.0 Å². The van der Waals surface area contributed by atoms with Gasteiger partial charge in [-0.05, 0) is 44.9 Å². The molecule has 22 heavy (non-hydrogen) atoms. The van der Waals surface area contributed by atoms with Gasteiger partial charge >= 0.3 is 0 Å². The summed E-state index contributed by atoms with van der Waals surface area (Å²) in [7, 11) is -2.11. The van der Waals surface area contributed by atoms with Crippen LogP contribution in [0.2, 0.25) is 5.02 Å². The Hall–Kier alpha value is -1.11. The molecule has 1 aromatic carbocycles. The van der Waals surface area contributed by atoms with Crippen LogP contribution in [0.5, 0.6) is 0 Å². The first-order valence-corrected chi connectivity index (χ1v) is 9.14. The highest BCUT2D eigenvalue weighted by Gasteiger charge is 2.27. The predicted molar refractivity (Wildman–Crippen MR) is 86.7 cm³/mol. The second kappa shape index (κ2) is 6.56. The molecule has 0 spiro atoms. The van der Waals surface area contributed by atoms with Crippen molar-refractivity contribution >= 4 is 27.5 Å². The predicted octanol–water partition coefficient (Wildman–Crippen LogP) is 2.60. The van der Waals surface area contributed by atoms with E-state index in [1.54, 1.807) is 18.7 Å². The molecule has 122 valence electrons. The molecule has 1 saturated heterocycles. The Morgan fingerprint density at radius 2 is 1.86 bits per heavy atom. The number of hydrogen-bond acceptors (Lipinski definition) is 3. The van der Waals surface area contributed by atoms with Crippen LogP contribution >= 0.6 is 11.6 Å². The molecule has 0 radical (unpaired) electrons. The van der Waals surface area contributed by atoms with Crippen molar-refractivity contribution in [2.24, 2.45) is 0 Å². The maximum atomic E-state index is 12.5. The molecule has 1 heterocycles. The van der Waals surface area contributed by atoms with E-state index in [1.807, 2.05) is 0 Å². The summed E-state index contributed by atoms with van der Waals surface area (Å²) >= 11 is 6.11. The van der Waals surface area contributed by atoms with E-state index in [1.165, 1.54) is 29.6 Å². The third kappa shape index (κ3) is 3.29. The van der Waals surface area contributed by atoms with E-state index in [0.29, 0.717) is 13.1 Å². The average Bonchev–Trinajstić information content (AvgIpc) is 3.00. The van der Waals surface area contributed by atoms with E-state index in [9.17, 15) is 13.2 Å². The number of amides is 1. The first-order chi connectivity index (χ1) is 10.2. The van der Waals surface area contributed by atoms with Gasteiger partial charge in [0.25, 0.3) is 5.91 Å². The Kier molecular flexibility index (Phi) is 5.14. The molecule has 1 fully saturated rings. The normalized spacial score (nSPS) is 15.8. The molecule has 0 aromatic heterocycles. The molecular formula is C15H21ClN2O3S. The van der Waals surface area contributed by atoms with E-state index >= 15 is 0 Å². The summed E-state index contributed by atoms with van der Waals surface area (Å²) in [5.41, 5.74) is 0.252. The van der Waals surface area contributed by atoms with E-state index in [0.717, 1.165) is 12.8 Å². The highest BCUT2D eigenvalue weighted by molar-refractivity contribution is 7.89. The van der Waals surface area contributed by atoms with Crippen molar-refractivity contribution in [2.75, 3.05) is 20.1 Å². The highest BCUT2D eigenvalue weighted by Crippen LogP contribution is 2.25. The van der Waals surface area contributed by atoms with Crippen LogP contribution in [0.15, 0.2) is 23.1 Å². The summed E-state index contributed by atoms with van der Waals surface area (Å²) < 4.78 is 26.4. The molecule has 7 heteroatoms. The Labute approximate surface area is 136 Å². The van der Waals surface area contributed by atoms with Crippen LogP contribution in [0, 0.1) is 0 Å². The van der Waals surface area contributed by atoms with E-state index in [-0.39, 0.29) is 27.4 Å². The van der Waals surface area contributed by atoms with Crippen molar-refractivity contribution < 1.29 is 13.2 Å². The fourth-order valence-corrected chi connectivity index (χ4v) is 3.96. The number of halogens is 1. The smallest absolute Gasteiger partial charge is 0.255 e. The van der Waals surface area contributed by atoms with Crippen molar-refractivity contribution in [3.63, 3.8) is 0 Å². The zero-order valence-corrected chi connectivity index (χ0v) is 14.6. The van der Waals surface area contributed by atoms with Crippen LogP contribution in [-0.4, -0.2) is 49.7 Å². The second-order valence-corrected chi connectivity index (χ2v) is 8.16. The molecule has 0 bridgehead atoms. The summed E-state index contributed by atoms with van der Waals surface area (Å²) in [6, 6.07) is 4.14. The van der Waals surface area contributed by atoms with Crippen LogP contribution in [0.4, 0.5) is 0 Å². The topological polar surface area (TPSA) is 57.7 Å². The number of sulfonamides is 1. The fourth-order valence-electron chi connectivity index (χ4n) is 2.36. The lowest BCUT2D eigenvalue weighted by Crippen LogP contribution is -2.33. The Balaban J connectivity index is 2.40. The lowest BCUT2D eigenvalue weighted by molar-refractivity contribution is 0.0792. The van der Waals surface area contributed by atoms with Crippen molar-refractivity contribution in [1.82, 2.24) is 9.21 Å². The van der Waals surface area contributed by atoms with Gasteiger partial charge in [0.1, 0.15) is 0 Å². The zero-order chi connectivity index (χ0) is 16.5. The molecular weight excluding hydrogens is 324 g/mol. The van der Waals surface area contributed by atoms with Gasteiger partial charge in [0.2, 0.25) is 10.0 Å². The second-order valence-electron chi connectivity index (χ2n) is 5.76. The summed E-state index contributed by atoms with van der Waals surface area (Å²) in [5.74, 6) is -0.202. The summed E-state index contributed by atoms with van der Waals surface area (Å²) in [4.78, 5) is 14.3. The van der Waals surface area contributed by atoms with E-state index in [4.69, 9.17) is 11.6 Å². The number of nitrogens with zero attached hydrogens (tertiary/aromatic N) is 2. The molecule has 0 saturated carbocycles. The van der Waals surface area contributed by atoms with Gasteiger partial charge in [0, 0.05) is 26.2 Å². The number of hydrogen-bond donors (Lipinski definition) is 0. The van der Waals surface area contributed by atoms with Crippen molar-refractivity contribution in [3.8, 4) is 0 Å². The van der Waals surface area contributed by atoms with Gasteiger partial charge < -0.3 is 4.90 Å². The first kappa shape index (κ1) is 17.2. The third-order valence-electron chi connectivity index (χ3n) is 3.97. The maximum Gasteiger partial charge on any atom is 0.255 e. The maximum absolute atomic E-state index is 12.5. The van der Waals surface area contributed by atoms with Crippen molar-refractivity contribution in [2.45, 2.75) is 37.6 Å². The van der Waals surface area contributed by atoms with Crippen molar-refractivity contribution in [3.05, 3.63) is 28.8 Å². The minimum absolute atomic E-state index is 0.0932. The van der Waals surface area contributed by atoms with Gasteiger partial charge in [-0.15, -0.1) is 0 Å². The Morgan fingerprint density at radius 1 is 1.27 bits per heavy atom. The largest absolute Gasteiger partial charge is 0.339 e. The molecule has 1 aliphatic rings. The highest BCUT2D eigenvalue weighted by atomic mass is 35.5. The van der Waals surface area contributed by atoms with E-state index in [2.05, 4.69) is 0 Å². The van der Waals surface area contributed by atoms with Crippen LogP contribution in [0.25, 0.3) is 0 Å². The number of benzene rings is 1. The monoisotopic (exact) mass is 344 g/mol. The van der Waals surface area contributed by atoms with Gasteiger partial charge in [-0.3, -0.25) is 4.79 Å². The standard InChI is InChI=1S/C15H21ClN2O3S/c1-11(2)17(3)22(20,21)12-6-7-14(16)13(10-12)15(19)18-8-4-5-9-18/h6-7,10-11H,4-5,8-9H2,1-3H3. The number of carbonyl (C=O) groups excluding carboxylic acids is 1. The summed E-state index contributed by atoms with van der Waals surface area (Å²) in [5, 5.41) is 0.281. The fraction of sp³-hybridized carbons (Fsp3) is 0.533. The molecule has 2 rings (SSSR count). The summed E-state index contributed by atoms with van der Waals surface area (Å²) in [6.45, 7) is 4.98. The van der Waals surface area contributed by atoms with Gasteiger partial charge in [-0.25, -0.2) is 8.42 Å². The van der Waals surface area contributed by atoms with Crippen LogP contribution in [0.3, 0.4) is 0 Å². The zero-order valence-electron chi connectivity index (χ0n) is 13.0. The number of carbonyl (C=O) groups is 1. The van der Waals surface area contributed by atoms with Gasteiger partial charge in [-0.1, -0.05) is 11.6 Å². The number of likely N-dealkylation sites (tertiary alicyclic amines) is 1. The molecule has 0 aliphatic carbocycles. The van der Waals surface area contributed by atoms with Crippen LogP contribution < -0.4 is 0 Å². The SMILES string of the molecule is CC(C)N(C)S(=O)(=O)c1ccc(Cl)c(C(=O)N2CCCC2)c1. The minimum Gasteiger partial charge on any atom is -0.339 e. The molecule has 1 aromatic rings. The van der Waals surface area contributed by atoms with Gasteiger partial charge in [0.05, 0.1) is 15.5 Å². The summed E-state index contributed by atoms with van der Waals surface area (Å²) in [6.07, 6.45) is 1.94. The molecule has 1 amide bonds. The molecule has 0 atom stereocenters. The quantitative estimate of drug-likeness (QED) is 0.843. The molecule has 0 N–H and O–H groups in total. The van der Waals surface area contributed by atoms with Crippen LogP contribution in [-0.2, 0) is 10.0 Å². The lowest BCUT2D eigenvalue weighted by atomic mass is 10.2. The molecule has 5 nitrogen and oxygen atoms in total. The van der Waals surface area contributed by atoms with Gasteiger partial charge in [-0.2, -0.15) is 4.31 Å². The minimum atomic E-state index is -3.63. The molecule has 0 unspecified atom stereocenters. The molecule has 1 aliphatic heterocycles. The van der Waals surface area contributed by atoms with Gasteiger partial charge in [0.15, 0.2) is 0 Å². The third-order valence-corrected chi connectivity index (χ3v) is 6.32. The van der Waals surface area contributed by atoms with Crippen molar-refractivity contribution in [1.29, 1.82) is 0 Å².